The molecule has 0 amide bonds. The summed E-state index contributed by atoms with van der Waals surface area (Å²) >= 11 is 0. The molecular weight excluding hydrogens is 445 g/mol. The fourth-order valence-electron chi connectivity index (χ4n) is 4.20. The van der Waals surface area contributed by atoms with Gasteiger partial charge in [-0.25, -0.2) is 9.37 Å². The fraction of sp³-hybridized carbons (Fsp3) is 0.333. The Morgan fingerprint density at radius 1 is 1.09 bits per heavy atom. The smallest absolute Gasteiger partial charge is 0.250 e. The van der Waals surface area contributed by atoms with Crippen LogP contribution in [-0.2, 0) is 6.54 Å². The Kier molecular flexibility index (Phi) is 6.55. The Bertz CT molecular complexity index is 1390. The topological polar surface area (TPSA) is 85.8 Å². The first-order valence-corrected chi connectivity index (χ1v) is 12.1. The second kappa shape index (κ2) is 9.92. The van der Waals surface area contributed by atoms with Gasteiger partial charge in [0.15, 0.2) is 5.76 Å². The van der Waals surface area contributed by atoms with Crippen LogP contribution >= 0.6 is 0 Å². The first-order valence-electron chi connectivity index (χ1n) is 12.1. The van der Waals surface area contributed by atoms with Crippen molar-refractivity contribution in [2.75, 3.05) is 0 Å². The maximum Gasteiger partial charge on any atom is 0.250 e. The van der Waals surface area contributed by atoms with Gasteiger partial charge in [-0.3, -0.25) is 9.78 Å². The second-order valence-electron chi connectivity index (χ2n) is 8.97. The molecule has 1 aliphatic carbocycles. The molecule has 1 saturated carbocycles. The van der Waals surface area contributed by atoms with Crippen LogP contribution in [0.5, 0.6) is 0 Å². The first kappa shape index (κ1) is 23.1. The summed E-state index contributed by atoms with van der Waals surface area (Å²) in [5, 5.41) is 7.46. The maximum absolute atomic E-state index is 14.8. The van der Waals surface area contributed by atoms with Gasteiger partial charge in [0.1, 0.15) is 17.2 Å². The Hall–Kier alpha value is -3.65. The second-order valence-corrected chi connectivity index (χ2v) is 8.97. The molecule has 0 atom stereocenters. The summed E-state index contributed by atoms with van der Waals surface area (Å²) in [7, 11) is 0. The van der Waals surface area contributed by atoms with Crippen molar-refractivity contribution < 1.29 is 8.91 Å². The number of halogens is 1. The number of rotatable bonds is 9. The Morgan fingerprint density at radius 3 is 2.63 bits per heavy atom. The molecule has 180 valence electrons. The van der Waals surface area contributed by atoms with E-state index >= 15 is 0 Å². The van der Waals surface area contributed by atoms with Gasteiger partial charge in [-0.05, 0) is 49.4 Å². The normalized spacial score (nSPS) is 13.5. The van der Waals surface area contributed by atoms with E-state index in [0.717, 1.165) is 24.0 Å². The zero-order chi connectivity index (χ0) is 24.4. The quantitative estimate of drug-likeness (QED) is 0.351. The van der Waals surface area contributed by atoms with Crippen LogP contribution in [-0.4, -0.2) is 25.7 Å². The SMILES string of the molecule is CCC(CC)n1cc(-c2cncc(-c3cc(-c4ccc(CNC5CC5)cc4F)no3)n2)ccc1=O. The molecule has 0 unspecified atom stereocenters. The van der Waals surface area contributed by atoms with E-state index in [2.05, 4.69) is 34.3 Å². The van der Waals surface area contributed by atoms with Gasteiger partial charge >= 0.3 is 0 Å². The number of aromatic nitrogens is 4. The lowest BCUT2D eigenvalue weighted by Gasteiger charge is -2.17. The highest BCUT2D eigenvalue weighted by Crippen LogP contribution is 2.29. The molecular formula is C27H28FN5O2. The third kappa shape index (κ3) is 5.07. The average molecular weight is 474 g/mol. The van der Waals surface area contributed by atoms with Gasteiger partial charge in [0.05, 0.1) is 18.1 Å². The maximum atomic E-state index is 14.8. The predicted octanol–water partition coefficient (Wildman–Crippen LogP) is 5.38. The van der Waals surface area contributed by atoms with E-state index in [-0.39, 0.29) is 17.4 Å². The van der Waals surface area contributed by atoms with Crippen molar-refractivity contribution in [1.29, 1.82) is 0 Å². The van der Waals surface area contributed by atoms with Crippen LogP contribution in [0.4, 0.5) is 4.39 Å². The first-order chi connectivity index (χ1) is 17.1. The number of nitrogens with zero attached hydrogens (tertiary/aromatic N) is 4. The summed E-state index contributed by atoms with van der Waals surface area (Å²) in [4.78, 5) is 21.4. The zero-order valence-corrected chi connectivity index (χ0v) is 19.9. The van der Waals surface area contributed by atoms with Crippen LogP contribution in [0.25, 0.3) is 34.0 Å². The number of benzene rings is 1. The summed E-state index contributed by atoms with van der Waals surface area (Å²) in [6.07, 6.45) is 9.15. The Balaban J connectivity index is 1.40. The molecule has 3 aromatic heterocycles. The van der Waals surface area contributed by atoms with Crippen molar-refractivity contribution in [3.05, 3.63) is 76.7 Å². The molecule has 8 heteroatoms. The molecule has 35 heavy (non-hydrogen) atoms. The van der Waals surface area contributed by atoms with Crippen molar-refractivity contribution >= 4 is 0 Å². The molecule has 4 aromatic rings. The van der Waals surface area contributed by atoms with E-state index in [9.17, 15) is 9.18 Å². The van der Waals surface area contributed by atoms with Crippen LogP contribution in [0.15, 0.2) is 64.3 Å². The van der Waals surface area contributed by atoms with Crippen molar-refractivity contribution in [3.8, 4) is 34.0 Å². The lowest BCUT2D eigenvalue weighted by atomic mass is 10.1. The molecule has 0 spiro atoms. The summed E-state index contributed by atoms with van der Waals surface area (Å²) < 4.78 is 22.1. The van der Waals surface area contributed by atoms with E-state index in [1.165, 1.54) is 18.9 Å². The third-order valence-electron chi connectivity index (χ3n) is 6.45. The molecule has 5 rings (SSSR count). The molecule has 0 aliphatic heterocycles. The largest absolute Gasteiger partial charge is 0.354 e. The van der Waals surface area contributed by atoms with Crippen LogP contribution in [0, 0.1) is 5.82 Å². The minimum absolute atomic E-state index is 0.0391. The molecule has 7 nitrogen and oxygen atoms in total. The summed E-state index contributed by atoms with van der Waals surface area (Å²) in [6.45, 7) is 4.78. The van der Waals surface area contributed by atoms with Crippen LogP contribution in [0.3, 0.4) is 0 Å². The molecule has 3 heterocycles. The van der Waals surface area contributed by atoms with E-state index in [1.54, 1.807) is 41.2 Å². The molecule has 1 aliphatic rings. The molecule has 0 saturated heterocycles. The van der Waals surface area contributed by atoms with Gasteiger partial charge in [-0.2, -0.15) is 0 Å². The number of hydrogen-bond donors (Lipinski definition) is 1. The van der Waals surface area contributed by atoms with E-state index in [1.807, 2.05) is 12.3 Å². The van der Waals surface area contributed by atoms with E-state index < -0.39 is 0 Å². The van der Waals surface area contributed by atoms with Gasteiger partial charge in [0.2, 0.25) is 0 Å². The van der Waals surface area contributed by atoms with Gasteiger partial charge in [-0.1, -0.05) is 25.1 Å². The zero-order valence-electron chi connectivity index (χ0n) is 19.9. The summed E-state index contributed by atoms with van der Waals surface area (Å²) in [5.74, 6) is 0.0463. The van der Waals surface area contributed by atoms with Crippen molar-refractivity contribution in [2.24, 2.45) is 0 Å². The molecule has 1 aromatic carbocycles. The highest BCUT2D eigenvalue weighted by molar-refractivity contribution is 5.67. The fourth-order valence-corrected chi connectivity index (χ4v) is 4.20. The van der Waals surface area contributed by atoms with E-state index in [4.69, 9.17) is 4.52 Å². The van der Waals surface area contributed by atoms with Gasteiger partial charge < -0.3 is 14.4 Å². The highest BCUT2D eigenvalue weighted by atomic mass is 19.1. The van der Waals surface area contributed by atoms with E-state index in [0.29, 0.717) is 41.0 Å². The molecule has 0 radical (unpaired) electrons. The summed E-state index contributed by atoms with van der Waals surface area (Å²) in [6, 6.07) is 10.8. The average Bonchev–Trinajstić information content (AvgIpc) is 3.59. The number of nitrogens with one attached hydrogen (secondary N) is 1. The molecule has 0 bridgehead atoms. The standard InChI is InChI=1S/C27H28FN5O2/c1-3-20(4-2)33-16-18(6-10-27(33)34)24-14-29-15-25(31-24)26-12-23(32-35-26)21-9-5-17(11-22(21)28)13-30-19-7-8-19/h5-6,9-12,14-16,19-20,30H,3-4,7-8,13H2,1-2H3. The monoisotopic (exact) mass is 473 g/mol. The van der Waals surface area contributed by atoms with Gasteiger partial charge in [0, 0.05) is 48.1 Å². The Morgan fingerprint density at radius 2 is 1.89 bits per heavy atom. The highest BCUT2D eigenvalue weighted by Gasteiger charge is 2.20. The Labute approximate surface area is 203 Å². The minimum Gasteiger partial charge on any atom is -0.354 e. The molecule has 1 N–H and O–H groups in total. The van der Waals surface area contributed by atoms with Crippen LogP contribution in [0.1, 0.15) is 51.1 Å². The number of hydrogen-bond acceptors (Lipinski definition) is 6. The van der Waals surface area contributed by atoms with Gasteiger partial charge in [0.25, 0.3) is 5.56 Å². The van der Waals surface area contributed by atoms with Crippen molar-refractivity contribution in [3.63, 3.8) is 0 Å². The van der Waals surface area contributed by atoms with Crippen molar-refractivity contribution in [1.82, 2.24) is 25.0 Å². The lowest BCUT2D eigenvalue weighted by molar-refractivity contribution is 0.433. The number of pyridine rings is 1. The third-order valence-corrected chi connectivity index (χ3v) is 6.45. The summed E-state index contributed by atoms with van der Waals surface area (Å²) in [5.41, 5.74) is 3.50. The van der Waals surface area contributed by atoms with Crippen molar-refractivity contribution in [2.45, 2.75) is 58.2 Å². The lowest BCUT2D eigenvalue weighted by Crippen LogP contribution is -2.23. The molecule has 1 fully saturated rings. The minimum atomic E-state index is -0.344. The van der Waals surface area contributed by atoms with Crippen LogP contribution < -0.4 is 10.9 Å². The van der Waals surface area contributed by atoms with Crippen LogP contribution in [0.2, 0.25) is 0 Å². The predicted molar refractivity (Wildman–Crippen MR) is 132 cm³/mol. The van der Waals surface area contributed by atoms with Gasteiger partial charge in [-0.15, -0.1) is 0 Å².